The van der Waals surface area contributed by atoms with Crippen molar-refractivity contribution < 1.29 is 17.9 Å². The molecule has 1 aromatic rings. The molecule has 0 unspecified atom stereocenters. The highest BCUT2D eigenvalue weighted by Gasteiger charge is 2.37. The number of sulfonamides is 1. The van der Waals surface area contributed by atoms with Crippen molar-refractivity contribution in [3.63, 3.8) is 0 Å². The highest BCUT2D eigenvalue weighted by molar-refractivity contribution is 9.11. The molecule has 2 heterocycles. The summed E-state index contributed by atoms with van der Waals surface area (Å²) in [5.41, 5.74) is -0.563. The maximum atomic E-state index is 12.7. The fourth-order valence-corrected chi connectivity index (χ4v) is 6.09. The molecule has 1 aromatic heterocycles. The summed E-state index contributed by atoms with van der Waals surface area (Å²) in [6.45, 7) is 8.14. The summed E-state index contributed by atoms with van der Waals surface area (Å²) in [5.74, 6) is 0. The Balaban J connectivity index is 2.08. The van der Waals surface area contributed by atoms with Crippen LogP contribution in [-0.2, 0) is 14.8 Å². The fraction of sp³-hybridized carbons (Fsp3) is 0.643. The Kier molecular flexibility index (Phi) is 5.44. The van der Waals surface area contributed by atoms with E-state index in [4.69, 9.17) is 4.74 Å². The predicted octanol–water partition coefficient (Wildman–Crippen LogP) is 3.14. The van der Waals surface area contributed by atoms with E-state index in [2.05, 4.69) is 15.9 Å². The zero-order valence-electron chi connectivity index (χ0n) is 13.6. The van der Waals surface area contributed by atoms with E-state index >= 15 is 0 Å². The van der Waals surface area contributed by atoms with E-state index in [1.54, 1.807) is 24.0 Å². The zero-order chi connectivity index (χ0) is 17.4. The van der Waals surface area contributed by atoms with E-state index in [9.17, 15) is 13.2 Å². The molecular formula is C14H21BrN2O4S2. The Morgan fingerprint density at radius 2 is 2.00 bits per heavy atom. The largest absolute Gasteiger partial charge is 0.444 e. The van der Waals surface area contributed by atoms with Crippen LogP contribution in [0.5, 0.6) is 0 Å². The molecule has 130 valence electrons. The lowest BCUT2D eigenvalue weighted by atomic mass is 10.2. The summed E-state index contributed by atoms with van der Waals surface area (Å²) < 4.78 is 33.3. The van der Waals surface area contributed by atoms with Gasteiger partial charge in [-0.3, -0.25) is 0 Å². The number of hydrogen-bond donors (Lipinski definition) is 0. The van der Waals surface area contributed by atoms with Gasteiger partial charge >= 0.3 is 6.09 Å². The first kappa shape index (κ1) is 18.7. The number of ether oxygens (including phenoxy) is 1. The van der Waals surface area contributed by atoms with Gasteiger partial charge in [-0.25, -0.2) is 13.2 Å². The minimum Gasteiger partial charge on any atom is -0.444 e. The van der Waals surface area contributed by atoms with Crippen LogP contribution in [0.4, 0.5) is 4.79 Å². The first-order valence-corrected chi connectivity index (χ1v) is 10.3. The molecule has 0 saturated carbocycles. The first-order valence-electron chi connectivity index (χ1n) is 7.26. The first-order chi connectivity index (χ1) is 10.5. The lowest BCUT2D eigenvalue weighted by Gasteiger charge is -2.39. The number of thiophene rings is 1. The van der Waals surface area contributed by atoms with Crippen LogP contribution in [0.25, 0.3) is 0 Å². The van der Waals surface area contributed by atoms with Gasteiger partial charge in [0.2, 0.25) is 0 Å². The lowest BCUT2D eigenvalue weighted by Crippen LogP contribution is -2.55. The number of amides is 1. The third kappa shape index (κ3) is 4.46. The number of carbonyl (C=O) groups excluding carboxylic acids is 1. The summed E-state index contributed by atoms with van der Waals surface area (Å²) in [5, 5.41) is 0. The summed E-state index contributed by atoms with van der Waals surface area (Å²) in [6.07, 6.45) is -0.403. The topological polar surface area (TPSA) is 66.9 Å². The minimum atomic E-state index is -3.53. The molecule has 0 aromatic carbocycles. The molecule has 1 atom stereocenters. The Bertz CT molecular complexity index is 681. The molecule has 9 heteroatoms. The van der Waals surface area contributed by atoms with Crippen LogP contribution in [0.2, 0.25) is 0 Å². The number of nitrogens with zero attached hydrogens (tertiary/aromatic N) is 2. The Morgan fingerprint density at radius 1 is 1.35 bits per heavy atom. The van der Waals surface area contributed by atoms with Gasteiger partial charge in [-0.1, -0.05) is 0 Å². The normalized spacial score (nSPS) is 20.6. The molecule has 0 radical (unpaired) electrons. The molecule has 2 rings (SSSR count). The number of halogens is 1. The molecule has 0 aliphatic carbocycles. The average molecular weight is 425 g/mol. The molecule has 0 spiro atoms. The van der Waals surface area contributed by atoms with Gasteiger partial charge in [0.05, 0.1) is 3.79 Å². The molecule has 1 fully saturated rings. The van der Waals surface area contributed by atoms with E-state index < -0.39 is 21.7 Å². The van der Waals surface area contributed by atoms with Crippen LogP contribution in [0, 0.1) is 0 Å². The smallest absolute Gasteiger partial charge is 0.410 e. The van der Waals surface area contributed by atoms with Gasteiger partial charge in [0.1, 0.15) is 9.81 Å². The van der Waals surface area contributed by atoms with Crippen molar-refractivity contribution in [3.8, 4) is 0 Å². The van der Waals surface area contributed by atoms with Crippen LogP contribution >= 0.6 is 27.3 Å². The van der Waals surface area contributed by atoms with Gasteiger partial charge in [-0.05, 0) is 55.8 Å². The molecule has 0 bridgehead atoms. The molecule has 1 aliphatic rings. The van der Waals surface area contributed by atoms with Crippen LogP contribution in [0.3, 0.4) is 0 Å². The van der Waals surface area contributed by atoms with Gasteiger partial charge in [0.25, 0.3) is 10.0 Å². The van der Waals surface area contributed by atoms with Crippen LogP contribution in [-0.4, -0.2) is 55.0 Å². The highest BCUT2D eigenvalue weighted by atomic mass is 79.9. The lowest BCUT2D eigenvalue weighted by molar-refractivity contribution is 0.0143. The fourth-order valence-electron chi connectivity index (χ4n) is 2.34. The van der Waals surface area contributed by atoms with E-state index in [-0.39, 0.29) is 12.6 Å². The Morgan fingerprint density at radius 3 is 2.48 bits per heavy atom. The van der Waals surface area contributed by atoms with Gasteiger partial charge in [-0.15, -0.1) is 11.3 Å². The van der Waals surface area contributed by atoms with Crippen molar-refractivity contribution in [3.05, 3.63) is 15.9 Å². The van der Waals surface area contributed by atoms with Crippen molar-refractivity contribution in [2.24, 2.45) is 0 Å². The molecule has 23 heavy (non-hydrogen) atoms. The molecule has 1 aliphatic heterocycles. The molecular weight excluding hydrogens is 404 g/mol. The third-order valence-corrected chi connectivity index (χ3v) is 7.43. The standard InChI is InChI=1S/C14H21BrN2O4S2/c1-10-9-16(13(18)21-14(2,3)4)7-8-17(10)23(19,20)12-6-5-11(15)22-12/h5-6,10H,7-9H2,1-4H3/t10-/m0/s1. The van der Waals surface area contributed by atoms with Crippen LogP contribution in [0.15, 0.2) is 20.1 Å². The van der Waals surface area contributed by atoms with E-state index in [1.807, 2.05) is 20.8 Å². The Labute approximate surface area is 149 Å². The second kappa shape index (κ2) is 6.70. The van der Waals surface area contributed by atoms with Crippen LogP contribution < -0.4 is 0 Å². The molecule has 0 N–H and O–H groups in total. The SMILES string of the molecule is C[C@H]1CN(C(=O)OC(C)(C)C)CCN1S(=O)(=O)c1ccc(Br)s1. The summed E-state index contributed by atoms with van der Waals surface area (Å²) in [6, 6.07) is 3.01. The molecule has 6 nitrogen and oxygen atoms in total. The number of hydrogen-bond acceptors (Lipinski definition) is 5. The summed E-state index contributed by atoms with van der Waals surface area (Å²) in [7, 11) is -3.53. The van der Waals surface area contributed by atoms with Gasteiger partial charge < -0.3 is 9.64 Å². The van der Waals surface area contributed by atoms with E-state index in [0.29, 0.717) is 17.3 Å². The monoisotopic (exact) mass is 424 g/mol. The summed E-state index contributed by atoms with van der Waals surface area (Å²) in [4.78, 5) is 13.7. The minimum absolute atomic E-state index is 0.262. The second-order valence-electron chi connectivity index (χ2n) is 6.45. The van der Waals surface area contributed by atoms with Crippen molar-refractivity contribution in [2.75, 3.05) is 19.6 Å². The van der Waals surface area contributed by atoms with Crippen molar-refractivity contribution >= 4 is 43.4 Å². The maximum absolute atomic E-state index is 12.7. The average Bonchev–Trinajstić information content (AvgIpc) is 2.83. The quantitative estimate of drug-likeness (QED) is 0.730. The number of piperazine rings is 1. The second-order valence-corrected chi connectivity index (χ2v) is 11.0. The van der Waals surface area contributed by atoms with E-state index in [1.165, 1.54) is 15.6 Å². The van der Waals surface area contributed by atoms with Gasteiger partial charge in [-0.2, -0.15) is 4.31 Å². The molecule has 1 amide bonds. The van der Waals surface area contributed by atoms with Gasteiger partial charge in [0.15, 0.2) is 0 Å². The number of rotatable bonds is 2. The van der Waals surface area contributed by atoms with Crippen molar-refractivity contribution in [1.29, 1.82) is 0 Å². The van der Waals surface area contributed by atoms with Crippen molar-refractivity contribution in [1.82, 2.24) is 9.21 Å². The number of carbonyl (C=O) groups is 1. The van der Waals surface area contributed by atoms with E-state index in [0.717, 1.165) is 3.79 Å². The third-order valence-electron chi connectivity index (χ3n) is 3.33. The van der Waals surface area contributed by atoms with Crippen LogP contribution in [0.1, 0.15) is 27.7 Å². The zero-order valence-corrected chi connectivity index (χ0v) is 16.8. The maximum Gasteiger partial charge on any atom is 0.410 e. The predicted molar refractivity (Wildman–Crippen MR) is 93.2 cm³/mol. The highest BCUT2D eigenvalue weighted by Crippen LogP contribution is 2.30. The van der Waals surface area contributed by atoms with Crippen molar-refractivity contribution in [2.45, 2.75) is 43.5 Å². The molecule has 1 saturated heterocycles. The Hall–Kier alpha value is -0.640. The van der Waals surface area contributed by atoms with Gasteiger partial charge in [0, 0.05) is 25.7 Å². The summed E-state index contributed by atoms with van der Waals surface area (Å²) >= 11 is 4.47.